The predicted molar refractivity (Wildman–Crippen MR) is 123 cm³/mol. The average molecular weight is 526 g/mol. The molecular weight excluding hydrogens is 491 g/mol. The summed E-state index contributed by atoms with van der Waals surface area (Å²) in [5, 5.41) is 2.74. The van der Waals surface area contributed by atoms with Gasteiger partial charge in [0.15, 0.2) is 0 Å². The van der Waals surface area contributed by atoms with E-state index < -0.39 is 0 Å². The van der Waals surface area contributed by atoms with Gasteiger partial charge in [0.05, 0.1) is 0 Å². The first-order chi connectivity index (χ1) is 10.4. The molecule has 1 heteroatoms. The van der Waals surface area contributed by atoms with Gasteiger partial charge in [-0.2, -0.15) is 23.8 Å². The average Bonchev–Trinajstić information content (AvgIpc) is 3.20. The van der Waals surface area contributed by atoms with Gasteiger partial charge in [-0.25, -0.2) is 17.7 Å². The molecule has 3 aromatic rings. The van der Waals surface area contributed by atoms with E-state index >= 15 is 0 Å². The molecule has 1 aliphatic carbocycles. The zero-order valence-corrected chi connectivity index (χ0v) is 21.6. The van der Waals surface area contributed by atoms with Crippen LogP contribution in [0.25, 0.3) is 16.3 Å². The summed E-state index contributed by atoms with van der Waals surface area (Å²) >= 11 is 0. The molecular formula is C26H35Hf-7. The Morgan fingerprint density at radius 3 is 2.04 bits per heavy atom. The number of fused-ring (bicyclic) bond motifs is 3. The molecule has 0 saturated carbocycles. The van der Waals surface area contributed by atoms with Crippen molar-refractivity contribution in [1.82, 2.24) is 0 Å². The number of rotatable bonds is 2. The molecule has 27 heavy (non-hydrogen) atoms. The van der Waals surface area contributed by atoms with E-state index in [1.165, 1.54) is 33.9 Å². The smallest absolute Gasteiger partial charge is 0 e. The van der Waals surface area contributed by atoms with E-state index in [0.29, 0.717) is 0 Å². The summed E-state index contributed by atoms with van der Waals surface area (Å²) in [6.45, 7) is 2.23. The quantitative estimate of drug-likeness (QED) is 0.234. The van der Waals surface area contributed by atoms with Gasteiger partial charge in [0.1, 0.15) is 0 Å². The Bertz CT molecular complexity index is 719. The molecule has 0 unspecified atom stereocenters. The van der Waals surface area contributed by atoms with Crippen molar-refractivity contribution in [3.8, 4) is 0 Å². The normalized spacial score (nSPS) is 9.74. The van der Waals surface area contributed by atoms with Crippen molar-refractivity contribution in [3.05, 3.63) is 121 Å². The fourth-order valence-electron chi connectivity index (χ4n) is 2.89. The fourth-order valence-corrected chi connectivity index (χ4v) is 2.89. The van der Waals surface area contributed by atoms with Crippen molar-refractivity contribution in [2.24, 2.45) is 0 Å². The predicted octanol–water partition coefficient (Wildman–Crippen LogP) is 8.04. The van der Waals surface area contributed by atoms with Crippen molar-refractivity contribution >= 4 is 16.3 Å². The van der Waals surface area contributed by atoms with Gasteiger partial charge in [-0.15, -0.1) is 12.0 Å². The Morgan fingerprint density at radius 1 is 0.852 bits per heavy atom. The zero-order valence-electron chi connectivity index (χ0n) is 18.0. The molecule has 0 aromatic heterocycles. The number of hydrogen-bond donors (Lipinski definition) is 0. The summed E-state index contributed by atoms with van der Waals surface area (Å²) in [5.74, 6) is 0. The maximum absolute atomic E-state index is 3.53. The van der Waals surface area contributed by atoms with Crippen LogP contribution in [0.3, 0.4) is 0 Å². The van der Waals surface area contributed by atoms with Crippen LogP contribution < -0.4 is 0 Å². The van der Waals surface area contributed by atoms with Gasteiger partial charge in [0.25, 0.3) is 0 Å². The summed E-state index contributed by atoms with van der Waals surface area (Å²) in [4.78, 5) is 0. The first kappa shape index (κ1) is 33.3. The number of hydrogen-bond acceptors (Lipinski definition) is 0. The molecule has 0 N–H and O–H groups in total. The maximum Gasteiger partial charge on any atom is 0 e. The van der Waals surface area contributed by atoms with E-state index in [1.807, 2.05) is 30.3 Å². The molecule has 0 radical (unpaired) electrons. The minimum Gasteiger partial charge on any atom is -0.358 e. The first-order valence-electron chi connectivity index (χ1n) is 7.67. The molecule has 0 aliphatic heterocycles. The van der Waals surface area contributed by atoms with E-state index in [9.17, 15) is 0 Å². The van der Waals surface area contributed by atoms with E-state index in [0.717, 1.165) is 12.8 Å². The van der Waals surface area contributed by atoms with E-state index in [-0.39, 0.29) is 63.0 Å². The fraction of sp³-hybridized carbons (Fsp3) is 0.154. The monoisotopic (exact) mass is 527 g/mol. The van der Waals surface area contributed by atoms with Gasteiger partial charge in [-0.3, -0.25) is 6.08 Å². The zero-order chi connectivity index (χ0) is 14.5. The molecule has 0 atom stereocenters. The topological polar surface area (TPSA) is 0 Å². The van der Waals surface area contributed by atoms with E-state index in [4.69, 9.17) is 0 Å². The van der Waals surface area contributed by atoms with Gasteiger partial charge in [0, 0.05) is 25.8 Å². The Kier molecular flexibility index (Phi) is 20.7. The molecule has 0 amide bonds. The summed E-state index contributed by atoms with van der Waals surface area (Å²) in [5.41, 5.74) is 4.33. The Labute approximate surface area is 188 Å². The van der Waals surface area contributed by atoms with Crippen molar-refractivity contribution < 1.29 is 25.8 Å². The van der Waals surface area contributed by atoms with Crippen LogP contribution >= 0.6 is 0 Å². The third-order valence-electron chi connectivity index (χ3n) is 3.86. The standard InChI is InChI=1S/C16H15.C5H5.5CH3.Hf/c1-2-5-13-10-11-14-9-8-12-6-3-4-7-15(12)16(13)14;1-2-4-5-3-1;;;;;;/h3-4,6-9H,2,5,11H2,1H3;1-5H;5*1H3;/q7*-1;. The summed E-state index contributed by atoms with van der Waals surface area (Å²) in [7, 11) is 0. The molecule has 3 aromatic carbocycles. The van der Waals surface area contributed by atoms with Crippen LogP contribution in [-0.4, -0.2) is 0 Å². The molecule has 0 spiro atoms. The SMILES string of the molecule is CCCC1=[C-]Cc2ccc3ccccc3c21.[CH3-].[CH3-].[CH3-].[CH3-].[CH3-].[Hf].c1cc[cH-]c1. The van der Waals surface area contributed by atoms with Gasteiger partial charge in [0.2, 0.25) is 0 Å². The van der Waals surface area contributed by atoms with Crippen LogP contribution in [0.5, 0.6) is 0 Å². The first-order valence-corrected chi connectivity index (χ1v) is 7.67. The van der Waals surface area contributed by atoms with Crippen molar-refractivity contribution in [1.29, 1.82) is 0 Å². The molecule has 0 fully saturated rings. The summed E-state index contributed by atoms with van der Waals surface area (Å²) in [6, 6.07) is 23.1. The maximum atomic E-state index is 3.53. The second-order valence-electron chi connectivity index (χ2n) is 5.37. The van der Waals surface area contributed by atoms with E-state index in [2.05, 4.69) is 49.4 Å². The summed E-state index contributed by atoms with van der Waals surface area (Å²) < 4.78 is 0. The molecule has 150 valence electrons. The van der Waals surface area contributed by atoms with Crippen molar-refractivity contribution in [2.45, 2.75) is 26.2 Å². The van der Waals surface area contributed by atoms with Gasteiger partial charge in [-0.1, -0.05) is 61.5 Å². The Hall–Kier alpha value is -1.34. The third kappa shape index (κ3) is 8.05. The van der Waals surface area contributed by atoms with Crippen molar-refractivity contribution in [3.63, 3.8) is 0 Å². The largest absolute Gasteiger partial charge is 0.358 e. The minimum atomic E-state index is 0. The molecule has 0 heterocycles. The molecule has 4 rings (SSSR count). The number of allylic oxidation sites excluding steroid dienone is 2. The van der Waals surface area contributed by atoms with Crippen LogP contribution in [0.15, 0.2) is 66.7 Å². The van der Waals surface area contributed by atoms with Gasteiger partial charge >= 0.3 is 0 Å². The Morgan fingerprint density at radius 2 is 1.48 bits per heavy atom. The summed E-state index contributed by atoms with van der Waals surface area (Å²) in [6.07, 6.45) is 6.88. The minimum absolute atomic E-state index is 0. The van der Waals surface area contributed by atoms with Crippen LogP contribution in [0, 0.1) is 43.2 Å². The van der Waals surface area contributed by atoms with Crippen LogP contribution in [-0.2, 0) is 32.3 Å². The van der Waals surface area contributed by atoms with Gasteiger partial charge < -0.3 is 37.1 Å². The molecule has 0 saturated heterocycles. The van der Waals surface area contributed by atoms with Crippen molar-refractivity contribution in [2.75, 3.05) is 0 Å². The van der Waals surface area contributed by atoms with Crippen LogP contribution in [0.2, 0.25) is 0 Å². The van der Waals surface area contributed by atoms with Gasteiger partial charge in [-0.05, 0) is 5.39 Å². The second-order valence-corrected chi connectivity index (χ2v) is 5.37. The molecule has 0 nitrogen and oxygen atoms in total. The van der Waals surface area contributed by atoms with E-state index in [1.54, 1.807) is 0 Å². The van der Waals surface area contributed by atoms with Crippen LogP contribution in [0.4, 0.5) is 0 Å². The molecule has 0 bridgehead atoms. The number of benzene rings is 2. The molecule has 1 aliphatic rings. The third-order valence-corrected chi connectivity index (χ3v) is 3.86. The second kappa shape index (κ2) is 16.8. The van der Waals surface area contributed by atoms with Crippen LogP contribution in [0.1, 0.15) is 30.9 Å². The Balaban J connectivity index is -0.000000214.